The first-order chi connectivity index (χ1) is 12.6. The van der Waals surface area contributed by atoms with Gasteiger partial charge in [0.15, 0.2) is 0 Å². The number of anilines is 1. The van der Waals surface area contributed by atoms with Crippen LogP contribution in [0.2, 0.25) is 0 Å². The number of nitrogens with one attached hydrogen (secondary N) is 1. The summed E-state index contributed by atoms with van der Waals surface area (Å²) >= 11 is 0. The van der Waals surface area contributed by atoms with Gasteiger partial charge in [0.05, 0.1) is 0 Å². The van der Waals surface area contributed by atoms with E-state index in [9.17, 15) is 0 Å². The first-order valence-corrected chi connectivity index (χ1v) is 11.4. The Balaban J connectivity index is 1.96. The van der Waals surface area contributed by atoms with Crippen molar-refractivity contribution in [2.24, 2.45) is 17.8 Å². The van der Waals surface area contributed by atoms with Gasteiger partial charge in [-0.15, -0.1) is 0 Å². The predicted octanol–water partition coefficient (Wildman–Crippen LogP) is 8.32. The Morgan fingerprint density at radius 2 is 1.15 bits per heavy atom. The Labute approximate surface area is 164 Å². The number of hydrogen-bond donors (Lipinski definition) is 1. The molecule has 0 saturated carbocycles. The molecule has 0 saturated heterocycles. The molecule has 3 unspecified atom stereocenters. The molecule has 0 amide bonds. The highest BCUT2D eigenvalue weighted by atomic mass is 14.9. The smallest absolute Gasteiger partial charge is 0.0340 e. The second kappa shape index (κ2) is 15.1. The average Bonchev–Trinajstić information content (AvgIpc) is 2.63. The third-order valence-corrected chi connectivity index (χ3v) is 5.83. The molecule has 26 heavy (non-hydrogen) atoms. The predicted molar refractivity (Wildman–Crippen MR) is 119 cm³/mol. The van der Waals surface area contributed by atoms with Crippen LogP contribution in [0.25, 0.3) is 0 Å². The van der Waals surface area contributed by atoms with Crippen LogP contribution in [-0.2, 0) is 0 Å². The number of benzene rings is 1. The van der Waals surface area contributed by atoms with Crippen LogP contribution >= 0.6 is 0 Å². The largest absolute Gasteiger partial charge is 0.385 e. The average molecular weight is 360 g/mol. The fourth-order valence-electron chi connectivity index (χ4n) is 3.82. The van der Waals surface area contributed by atoms with Crippen molar-refractivity contribution in [1.29, 1.82) is 0 Å². The molecule has 1 rings (SSSR count). The van der Waals surface area contributed by atoms with Crippen molar-refractivity contribution in [3.8, 4) is 0 Å². The third-order valence-electron chi connectivity index (χ3n) is 5.83. The lowest BCUT2D eigenvalue weighted by atomic mass is 9.91. The van der Waals surface area contributed by atoms with Gasteiger partial charge in [-0.25, -0.2) is 0 Å². The van der Waals surface area contributed by atoms with E-state index >= 15 is 0 Å². The fraction of sp³-hybridized carbons (Fsp3) is 0.760. The zero-order valence-electron chi connectivity index (χ0n) is 18.1. The first-order valence-electron chi connectivity index (χ1n) is 11.4. The highest BCUT2D eigenvalue weighted by Gasteiger charge is 2.07. The van der Waals surface area contributed by atoms with Crippen LogP contribution in [0.4, 0.5) is 5.69 Å². The Kier molecular flexibility index (Phi) is 13.4. The van der Waals surface area contributed by atoms with Crippen molar-refractivity contribution in [3.63, 3.8) is 0 Å². The van der Waals surface area contributed by atoms with Crippen LogP contribution < -0.4 is 5.32 Å². The van der Waals surface area contributed by atoms with Crippen molar-refractivity contribution in [3.05, 3.63) is 30.3 Å². The number of rotatable bonds is 16. The Hall–Kier alpha value is -0.980. The zero-order valence-corrected chi connectivity index (χ0v) is 18.1. The maximum atomic E-state index is 3.53. The van der Waals surface area contributed by atoms with Gasteiger partial charge in [0.25, 0.3) is 0 Å². The van der Waals surface area contributed by atoms with E-state index in [2.05, 4.69) is 63.3 Å². The summed E-state index contributed by atoms with van der Waals surface area (Å²) in [4.78, 5) is 0. The minimum absolute atomic E-state index is 0.831. The Bertz CT molecular complexity index is 413. The molecule has 0 fully saturated rings. The summed E-state index contributed by atoms with van der Waals surface area (Å²) in [6, 6.07) is 10.6. The number of hydrogen-bond acceptors (Lipinski definition) is 1. The van der Waals surface area contributed by atoms with Crippen LogP contribution in [0.1, 0.15) is 98.3 Å². The van der Waals surface area contributed by atoms with Crippen molar-refractivity contribution in [1.82, 2.24) is 0 Å². The number of unbranched alkanes of at least 4 members (excludes halogenated alkanes) is 2. The Morgan fingerprint density at radius 1 is 0.654 bits per heavy atom. The van der Waals surface area contributed by atoms with Crippen LogP contribution in [0.3, 0.4) is 0 Å². The molecule has 0 bridgehead atoms. The van der Waals surface area contributed by atoms with Gasteiger partial charge in [0.1, 0.15) is 0 Å². The molecule has 0 heterocycles. The maximum absolute atomic E-state index is 3.53. The summed E-state index contributed by atoms with van der Waals surface area (Å²) in [5.74, 6) is 2.68. The first kappa shape index (κ1) is 23.1. The molecule has 1 aromatic carbocycles. The van der Waals surface area contributed by atoms with E-state index in [4.69, 9.17) is 0 Å². The molecule has 1 nitrogen and oxygen atoms in total. The summed E-state index contributed by atoms with van der Waals surface area (Å²) in [6.07, 6.45) is 15.4. The highest BCUT2D eigenvalue weighted by molar-refractivity contribution is 5.42. The molecular weight excluding hydrogens is 314 g/mol. The molecule has 0 aromatic heterocycles. The van der Waals surface area contributed by atoms with Gasteiger partial charge < -0.3 is 5.32 Å². The molecule has 0 aliphatic rings. The summed E-state index contributed by atoms with van der Waals surface area (Å²) in [7, 11) is 0. The van der Waals surface area contributed by atoms with Crippen LogP contribution in [0.5, 0.6) is 0 Å². The lowest BCUT2D eigenvalue weighted by molar-refractivity contribution is 0.380. The van der Waals surface area contributed by atoms with Gasteiger partial charge in [-0.1, -0.05) is 110 Å². The fourth-order valence-corrected chi connectivity index (χ4v) is 3.82. The van der Waals surface area contributed by atoms with E-state index < -0.39 is 0 Å². The second-order valence-corrected chi connectivity index (χ2v) is 8.75. The van der Waals surface area contributed by atoms with E-state index in [-0.39, 0.29) is 0 Å². The van der Waals surface area contributed by atoms with E-state index in [0.717, 1.165) is 24.3 Å². The molecule has 0 aliphatic heterocycles. The van der Waals surface area contributed by atoms with Crippen molar-refractivity contribution in [2.75, 3.05) is 11.9 Å². The third kappa shape index (κ3) is 12.4. The topological polar surface area (TPSA) is 12.0 Å². The molecule has 1 heteroatoms. The lowest BCUT2D eigenvalue weighted by Gasteiger charge is -2.16. The van der Waals surface area contributed by atoms with Gasteiger partial charge in [-0.05, 0) is 36.3 Å². The molecule has 0 spiro atoms. The molecule has 3 atom stereocenters. The molecule has 1 aromatic rings. The van der Waals surface area contributed by atoms with Crippen LogP contribution in [0.15, 0.2) is 30.3 Å². The summed E-state index contributed by atoms with van der Waals surface area (Å²) in [5.41, 5.74) is 1.25. The highest BCUT2D eigenvalue weighted by Crippen LogP contribution is 2.22. The lowest BCUT2D eigenvalue weighted by Crippen LogP contribution is -2.07. The normalized spacial score (nSPS) is 14.8. The van der Waals surface area contributed by atoms with Gasteiger partial charge in [-0.3, -0.25) is 0 Å². The van der Waals surface area contributed by atoms with Crippen molar-refractivity contribution in [2.45, 2.75) is 98.3 Å². The Morgan fingerprint density at radius 3 is 1.69 bits per heavy atom. The van der Waals surface area contributed by atoms with E-state index in [1.165, 1.54) is 76.3 Å². The van der Waals surface area contributed by atoms with Crippen LogP contribution in [0, 0.1) is 17.8 Å². The monoisotopic (exact) mass is 359 g/mol. The number of para-hydroxylation sites is 1. The molecular formula is C25H45N. The van der Waals surface area contributed by atoms with Gasteiger partial charge in [0, 0.05) is 12.2 Å². The SMILES string of the molecule is CCCCCC(C)CCCC(C)CCCC(C)CCNc1ccccc1. The second-order valence-electron chi connectivity index (χ2n) is 8.75. The van der Waals surface area contributed by atoms with Gasteiger partial charge in [-0.2, -0.15) is 0 Å². The van der Waals surface area contributed by atoms with Gasteiger partial charge in [0.2, 0.25) is 0 Å². The van der Waals surface area contributed by atoms with E-state index in [0.29, 0.717) is 0 Å². The maximum Gasteiger partial charge on any atom is 0.0340 e. The van der Waals surface area contributed by atoms with Crippen molar-refractivity contribution < 1.29 is 0 Å². The minimum Gasteiger partial charge on any atom is -0.385 e. The van der Waals surface area contributed by atoms with Crippen LogP contribution in [-0.4, -0.2) is 6.54 Å². The molecule has 150 valence electrons. The zero-order chi connectivity index (χ0) is 19.0. The molecule has 1 N–H and O–H groups in total. The van der Waals surface area contributed by atoms with Crippen molar-refractivity contribution >= 4 is 5.69 Å². The summed E-state index contributed by atoms with van der Waals surface area (Å²) in [5, 5.41) is 3.53. The quantitative estimate of drug-likeness (QED) is 0.292. The summed E-state index contributed by atoms with van der Waals surface area (Å²) < 4.78 is 0. The summed E-state index contributed by atoms with van der Waals surface area (Å²) in [6.45, 7) is 10.7. The van der Waals surface area contributed by atoms with Gasteiger partial charge >= 0.3 is 0 Å². The molecule has 0 radical (unpaired) electrons. The van der Waals surface area contributed by atoms with E-state index in [1.807, 2.05) is 0 Å². The molecule has 0 aliphatic carbocycles. The standard InChI is InChI=1S/C25H45N/c1-5-6-8-13-22(2)14-11-15-23(3)16-12-17-24(4)20-21-26-25-18-9-7-10-19-25/h7,9-10,18-19,22-24,26H,5-6,8,11-17,20-21H2,1-4H3. The van der Waals surface area contributed by atoms with E-state index in [1.54, 1.807) is 0 Å². The minimum atomic E-state index is 0.831.